The van der Waals surface area contributed by atoms with Crippen LogP contribution in [0.4, 0.5) is 4.39 Å². The number of H-pyrrole nitrogens is 1. The van der Waals surface area contributed by atoms with Crippen LogP contribution < -0.4 is 17.1 Å². The predicted molar refractivity (Wildman–Crippen MR) is 81.0 cm³/mol. The number of nitrogens with one attached hydrogen (secondary N) is 2. The fraction of sp³-hybridized carbons (Fsp3) is 0.429. The van der Waals surface area contributed by atoms with E-state index in [2.05, 4.69) is 27.3 Å². The Morgan fingerprint density at radius 2 is 2.43 bits per heavy atom. The first-order valence-electron chi connectivity index (χ1n) is 6.84. The highest BCUT2D eigenvalue weighted by molar-refractivity contribution is 5.98. The van der Waals surface area contributed by atoms with E-state index in [9.17, 15) is 4.39 Å². The van der Waals surface area contributed by atoms with E-state index in [1.54, 1.807) is 0 Å². The van der Waals surface area contributed by atoms with E-state index in [0.29, 0.717) is 23.9 Å². The van der Waals surface area contributed by atoms with Gasteiger partial charge < -0.3 is 11.3 Å². The molecule has 7 heteroatoms. The second kappa shape index (κ2) is 6.53. The van der Waals surface area contributed by atoms with E-state index in [0.717, 1.165) is 24.1 Å². The number of nitrogens with two attached hydrogens (primary N) is 2. The second-order valence-electron chi connectivity index (χ2n) is 5.19. The number of alkyl halides is 1. The van der Waals surface area contributed by atoms with Crippen molar-refractivity contribution in [1.82, 2.24) is 15.6 Å². The summed E-state index contributed by atoms with van der Waals surface area (Å²) in [6, 6.07) is 0. The number of hydrazone groups is 1. The highest BCUT2D eigenvalue weighted by Crippen LogP contribution is 2.32. The number of aromatic amines is 1. The molecule has 0 saturated heterocycles. The third-order valence-corrected chi connectivity index (χ3v) is 3.91. The number of hydrogen-bond acceptors (Lipinski definition) is 4. The Morgan fingerprint density at radius 1 is 1.67 bits per heavy atom. The van der Waals surface area contributed by atoms with E-state index in [1.165, 1.54) is 11.6 Å². The molecule has 0 spiro atoms. The lowest BCUT2D eigenvalue weighted by atomic mass is 9.96. The molecule has 21 heavy (non-hydrogen) atoms. The summed E-state index contributed by atoms with van der Waals surface area (Å²) in [6.07, 6.45) is 4.29. The van der Waals surface area contributed by atoms with Gasteiger partial charge >= 0.3 is 0 Å². The van der Waals surface area contributed by atoms with Crippen molar-refractivity contribution in [2.75, 3.05) is 0 Å². The van der Waals surface area contributed by atoms with Crippen LogP contribution in [0.2, 0.25) is 0 Å². The van der Waals surface area contributed by atoms with Crippen molar-refractivity contribution in [2.45, 2.75) is 32.4 Å². The molecule has 2 rings (SSSR count). The van der Waals surface area contributed by atoms with Crippen LogP contribution in [-0.2, 0) is 12.8 Å². The monoisotopic (exact) mass is 292 g/mol. The van der Waals surface area contributed by atoms with Crippen LogP contribution in [-0.4, -0.2) is 22.2 Å². The normalized spacial score (nSPS) is 20.2. The zero-order valence-electron chi connectivity index (χ0n) is 12.1. The first kappa shape index (κ1) is 15.2. The Morgan fingerprint density at radius 3 is 3.05 bits per heavy atom. The molecule has 1 heterocycles. The van der Waals surface area contributed by atoms with Gasteiger partial charge in [0.05, 0.1) is 0 Å². The Balaban J connectivity index is 2.11. The molecule has 6 nitrogen and oxygen atoms in total. The van der Waals surface area contributed by atoms with Crippen LogP contribution in [0.3, 0.4) is 0 Å². The van der Waals surface area contributed by atoms with Gasteiger partial charge in [-0.25, -0.2) is 10.2 Å². The third kappa shape index (κ3) is 3.13. The maximum atomic E-state index is 13.2. The van der Waals surface area contributed by atoms with Gasteiger partial charge in [-0.05, 0) is 25.7 Å². The number of nitrogens with zero attached hydrogens (tertiary/aromatic N) is 2. The molecule has 1 aliphatic rings. The number of halogens is 1. The molecule has 0 aromatic carbocycles. The minimum atomic E-state index is -0.992. The SMILES string of the molecule is C=CC(F)C/C=C(\C)C1Cc2[nH]nc(/C(=N/N)NN)c2C1. The van der Waals surface area contributed by atoms with Crippen molar-refractivity contribution in [3.63, 3.8) is 0 Å². The number of aromatic nitrogens is 2. The lowest BCUT2D eigenvalue weighted by Gasteiger charge is -2.11. The van der Waals surface area contributed by atoms with Gasteiger partial charge in [-0.15, -0.1) is 6.58 Å². The van der Waals surface area contributed by atoms with Gasteiger partial charge in [0, 0.05) is 17.7 Å². The number of rotatable bonds is 5. The summed E-state index contributed by atoms with van der Waals surface area (Å²) in [6.45, 7) is 5.48. The lowest BCUT2D eigenvalue weighted by molar-refractivity contribution is 0.403. The largest absolute Gasteiger partial charge is 0.321 e. The molecule has 0 aliphatic heterocycles. The van der Waals surface area contributed by atoms with E-state index in [-0.39, 0.29) is 0 Å². The topological polar surface area (TPSA) is 105 Å². The standard InChI is InChI=1S/C14H21FN6/c1-3-10(15)5-4-8(2)9-6-11-12(7-9)20-21-13(11)14(18-16)19-17/h3-4,9-10H,1,5-7,16-17H2,2H3,(H,18,19)(H,20,21)/b8-4+. The van der Waals surface area contributed by atoms with Gasteiger partial charge in [-0.1, -0.05) is 17.7 Å². The van der Waals surface area contributed by atoms with Crippen LogP contribution in [0.25, 0.3) is 0 Å². The molecular weight excluding hydrogens is 271 g/mol. The maximum absolute atomic E-state index is 13.2. The van der Waals surface area contributed by atoms with E-state index in [1.807, 2.05) is 13.0 Å². The van der Waals surface area contributed by atoms with Crippen molar-refractivity contribution in [3.8, 4) is 0 Å². The minimum absolute atomic E-state index is 0.335. The fourth-order valence-corrected chi connectivity index (χ4v) is 2.60. The van der Waals surface area contributed by atoms with Gasteiger partial charge in [0.15, 0.2) is 5.84 Å². The van der Waals surface area contributed by atoms with E-state index < -0.39 is 6.17 Å². The minimum Gasteiger partial charge on any atom is -0.321 e. The molecular formula is C14H21FN6. The molecule has 2 unspecified atom stereocenters. The van der Waals surface area contributed by atoms with Crippen molar-refractivity contribution in [2.24, 2.45) is 22.7 Å². The van der Waals surface area contributed by atoms with Gasteiger partial charge in [0.2, 0.25) is 0 Å². The molecule has 1 aliphatic carbocycles. The molecule has 0 bridgehead atoms. The first-order chi connectivity index (χ1) is 10.1. The van der Waals surface area contributed by atoms with Gasteiger partial charge in [-0.3, -0.25) is 5.10 Å². The maximum Gasteiger partial charge on any atom is 0.187 e. The highest BCUT2D eigenvalue weighted by Gasteiger charge is 2.29. The summed E-state index contributed by atoms with van der Waals surface area (Å²) < 4.78 is 13.2. The van der Waals surface area contributed by atoms with Gasteiger partial charge in [-0.2, -0.15) is 10.2 Å². The molecule has 1 aromatic heterocycles. The molecule has 0 saturated carbocycles. The zero-order chi connectivity index (χ0) is 15.4. The smallest absolute Gasteiger partial charge is 0.187 e. The number of fused-ring (bicyclic) bond motifs is 1. The Hall–Kier alpha value is -2.15. The molecule has 0 amide bonds. The molecule has 114 valence electrons. The third-order valence-electron chi connectivity index (χ3n) is 3.91. The zero-order valence-corrected chi connectivity index (χ0v) is 12.1. The van der Waals surface area contributed by atoms with Crippen LogP contribution in [0.15, 0.2) is 29.4 Å². The summed E-state index contributed by atoms with van der Waals surface area (Å²) in [7, 11) is 0. The second-order valence-corrected chi connectivity index (χ2v) is 5.19. The van der Waals surface area contributed by atoms with Crippen LogP contribution in [0.1, 0.15) is 30.3 Å². The van der Waals surface area contributed by atoms with Crippen molar-refractivity contribution in [1.29, 1.82) is 0 Å². The van der Waals surface area contributed by atoms with Crippen molar-refractivity contribution in [3.05, 3.63) is 41.3 Å². The van der Waals surface area contributed by atoms with Gasteiger partial charge in [0.25, 0.3) is 0 Å². The Kier molecular flexibility index (Phi) is 4.74. The average Bonchev–Trinajstić information content (AvgIpc) is 3.07. The first-order valence-corrected chi connectivity index (χ1v) is 6.84. The Labute approximate surface area is 123 Å². The number of hydrogen-bond donors (Lipinski definition) is 4. The fourth-order valence-electron chi connectivity index (χ4n) is 2.60. The molecule has 0 fully saturated rings. The molecule has 6 N–H and O–H groups in total. The molecule has 1 aromatic rings. The van der Waals surface area contributed by atoms with Crippen molar-refractivity contribution < 1.29 is 4.39 Å². The Bertz CT molecular complexity index is 574. The highest BCUT2D eigenvalue weighted by atomic mass is 19.1. The summed E-state index contributed by atoms with van der Waals surface area (Å²) in [5.74, 6) is 11.4. The van der Waals surface area contributed by atoms with Crippen molar-refractivity contribution >= 4 is 5.84 Å². The van der Waals surface area contributed by atoms with E-state index >= 15 is 0 Å². The summed E-state index contributed by atoms with van der Waals surface area (Å²) in [5.41, 5.74) is 6.38. The average molecular weight is 292 g/mol. The summed E-state index contributed by atoms with van der Waals surface area (Å²) in [4.78, 5) is 0. The van der Waals surface area contributed by atoms with Gasteiger partial charge in [0.1, 0.15) is 11.9 Å². The summed E-state index contributed by atoms with van der Waals surface area (Å²) >= 11 is 0. The number of allylic oxidation sites excluding steroid dienone is 3. The van der Waals surface area contributed by atoms with E-state index in [4.69, 9.17) is 11.7 Å². The van der Waals surface area contributed by atoms with Crippen LogP contribution in [0.5, 0.6) is 0 Å². The quantitative estimate of drug-likeness (QED) is 0.214. The number of amidine groups is 1. The lowest BCUT2D eigenvalue weighted by Crippen LogP contribution is -2.33. The van der Waals surface area contributed by atoms with Crippen LogP contribution >= 0.6 is 0 Å². The number of hydrazine groups is 1. The molecule has 0 radical (unpaired) electrons. The van der Waals surface area contributed by atoms with Crippen LogP contribution in [0, 0.1) is 5.92 Å². The summed E-state index contributed by atoms with van der Waals surface area (Å²) in [5, 5.41) is 10.8. The molecule has 2 atom stereocenters. The predicted octanol–water partition coefficient (Wildman–Crippen LogP) is 1.07.